The first-order chi connectivity index (χ1) is 8.83. The first-order valence-corrected chi connectivity index (χ1v) is 5.92. The molecule has 0 saturated heterocycles. The van der Waals surface area contributed by atoms with Crippen LogP contribution in [0.5, 0.6) is 0 Å². The Bertz CT molecular complexity index is 329. The molecule has 0 unspecified atom stereocenters. The fourth-order valence-electron chi connectivity index (χ4n) is 1.29. The van der Waals surface area contributed by atoms with E-state index in [-0.39, 0.29) is 19.1 Å². The van der Waals surface area contributed by atoms with Crippen LogP contribution in [0, 0.1) is 0 Å². The van der Waals surface area contributed by atoms with Gasteiger partial charge in [0.05, 0.1) is 26.4 Å². The van der Waals surface area contributed by atoms with Crippen LogP contribution >= 0.6 is 0 Å². The quantitative estimate of drug-likeness (QED) is 0.490. The lowest BCUT2D eigenvalue weighted by Gasteiger charge is -2.06. The highest BCUT2D eigenvalue weighted by atomic mass is 16.5. The predicted octanol–water partition coefficient (Wildman–Crippen LogP) is 0.328. The summed E-state index contributed by atoms with van der Waals surface area (Å²) < 4.78 is 10.1. The molecule has 2 N–H and O–H groups in total. The maximum absolute atomic E-state index is 11.3. The Balaban J connectivity index is 2.01. The van der Waals surface area contributed by atoms with Gasteiger partial charge in [0.2, 0.25) is 0 Å². The van der Waals surface area contributed by atoms with Crippen molar-refractivity contribution in [3.63, 3.8) is 0 Å². The van der Waals surface area contributed by atoms with E-state index in [4.69, 9.17) is 14.6 Å². The van der Waals surface area contributed by atoms with Crippen LogP contribution in [0.4, 0.5) is 0 Å². The third kappa shape index (κ3) is 7.01. The maximum Gasteiger partial charge on any atom is 0.320 e. The van der Waals surface area contributed by atoms with E-state index in [2.05, 4.69) is 5.32 Å². The van der Waals surface area contributed by atoms with Crippen molar-refractivity contribution in [3.05, 3.63) is 35.9 Å². The van der Waals surface area contributed by atoms with Crippen LogP contribution in [0.3, 0.4) is 0 Å². The second kappa shape index (κ2) is 9.58. The molecular weight excluding hydrogens is 234 g/mol. The number of hydrogen-bond acceptors (Lipinski definition) is 5. The number of nitrogens with one attached hydrogen (secondary N) is 1. The van der Waals surface area contributed by atoms with Gasteiger partial charge in [0, 0.05) is 6.54 Å². The number of carbonyl (C=O) groups excluding carboxylic acids is 1. The van der Waals surface area contributed by atoms with Gasteiger partial charge in [0.15, 0.2) is 0 Å². The molecular formula is C13H19NO4. The van der Waals surface area contributed by atoms with Crippen molar-refractivity contribution in [2.75, 3.05) is 32.9 Å². The standard InChI is InChI=1S/C13H19NO4/c15-7-9-17-8-6-14-10-13(16)18-11-12-4-2-1-3-5-12/h1-5,14-15H,6-11H2. The molecule has 0 fully saturated rings. The highest BCUT2D eigenvalue weighted by Crippen LogP contribution is 2.00. The second-order valence-corrected chi connectivity index (χ2v) is 3.66. The summed E-state index contributed by atoms with van der Waals surface area (Å²) >= 11 is 0. The minimum Gasteiger partial charge on any atom is -0.460 e. The van der Waals surface area contributed by atoms with Crippen molar-refractivity contribution in [2.45, 2.75) is 6.61 Å². The summed E-state index contributed by atoms with van der Waals surface area (Å²) in [6.07, 6.45) is 0. The smallest absolute Gasteiger partial charge is 0.320 e. The van der Waals surface area contributed by atoms with Crippen LogP contribution in [0.1, 0.15) is 5.56 Å². The summed E-state index contributed by atoms with van der Waals surface area (Å²) in [5, 5.41) is 11.4. The van der Waals surface area contributed by atoms with Crippen LogP contribution in [-0.2, 0) is 20.9 Å². The summed E-state index contributed by atoms with van der Waals surface area (Å²) in [6.45, 7) is 1.81. The number of ether oxygens (including phenoxy) is 2. The van der Waals surface area contributed by atoms with Crippen LogP contribution in [-0.4, -0.2) is 44.0 Å². The highest BCUT2D eigenvalue weighted by molar-refractivity contribution is 5.71. The Morgan fingerprint density at radius 2 is 2.00 bits per heavy atom. The van der Waals surface area contributed by atoms with E-state index in [1.807, 2.05) is 30.3 Å². The summed E-state index contributed by atoms with van der Waals surface area (Å²) in [5.41, 5.74) is 0.970. The topological polar surface area (TPSA) is 67.8 Å². The molecule has 0 atom stereocenters. The number of aliphatic hydroxyl groups is 1. The van der Waals surface area contributed by atoms with Gasteiger partial charge in [-0.15, -0.1) is 0 Å². The molecule has 0 saturated carbocycles. The van der Waals surface area contributed by atoms with E-state index in [0.29, 0.717) is 26.4 Å². The molecule has 5 nitrogen and oxygen atoms in total. The Kier molecular flexibility index (Phi) is 7.79. The molecule has 18 heavy (non-hydrogen) atoms. The Hall–Kier alpha value is -1.43. The molecule has 1 rings (SSSR count). The van der Waals surface area contributed by atoms with Gasteiger partial charge in [0.1, 0.15) is 6.61 Å². The third-order valence-corrected chi connectivity index (χ3v) is 2.17. The number of benzene rings is 1. The van der Waals surface area contributed by atoms with Crippen LogP contribution in [0.2, 0.25) is 0 Å². The molecule has 0 aliphatic carbocycles. The van der Waals surface area contributed by atoms with Gasteiger partial charge in [-0.3, -0.25) is 4.79 Å². The predicted molar refractivity (Wildman–Crippen MR) is 67.0 cm³/mol. The molecule has 5 heteroatoms. The number of aliphatic hydroxyl groups excluding tert-OH is 1. The van der Waals surface area contributed by atoms with E-state index < -0.39 is 0 Å². The fraction of sp³-hybridized carbons (Fsp3) is 0.462. The number of carbonyl (C=O) groups is 1. The maximum atomic E-state index is 11.3. The summed E-state index contributed by atoms with van der Waals surface area (Å²) in [7, 11) is 0. The van der Waals surface area contributed by atoms with Gasteiger partial charge in [-0.2, -0.15) is 0 Å². The summed E-state index contributed by atoms with van der Waals surface area (Å²) in [4.78, 5) is 11.3. The van der Waals surface area contributed by atoms with Gasteiger partial charge in [-0.1, -0.05) is 30.3 Å². The van der Waals surface area contributed by atoms with Crippen LogP contribution < -0.4 is 5.32 Å². The van der Waals surface area contributed by atoms with E-state index in [0.717, 1.165) is 5.56 Å². The number of rotatable bonds is 9. The Labute approximate surface area is 107 Å². The lowest BCUT2D eigenvalue weighted by atomic mass is 10.2. The van der Waals surface area contributed by atoms with Crippen molar-refractivity contribution in [2.24, 2.45) is 0 Å². The normalized spacial score (nSPS) is 10.3. The van der Waals surface area contributed by atoms with Gasteiger partial charge in [-0.25, -0.2) is 0 Å². The molecule has 0 amide bonds. The second-order valence-electron chi connectivity index (χ2n) is 3.66. The highest BCUT2D eigenvalue weighted by Gasteiger charge is 2.02. The SMILES string of the molecule is O=C(CNCCOCCO)OCc1ccccc1. The van der Waals surface area contributed by atoms with Crippen molar-refractivity contribution >= 4 is 5.97 Å². The van der Waals surface area contributed by atoms with Crippen LogP contribution in [0.25, 0.3) is 0 Å². The van der Waals surface area contributed by atoms with E-state index in [1.165, 1.54) is 0 Å². The molecule has 0 spiro atoms. The van der Waals surface area contributed by atoms with E-state index >= 15 is 0 Å². The molecule has 1 aromatic rings. The van der Waals surface area contributed by atoms with Crippen LogP contribution in [0.15, 0.2) is 30.3 Å². The number of esters is 1. The number of hydrogen-bond donors (Lipinski definition) is 2. The molecule has 0 aliphatic rings. The Morgan fingerprint density at radius 1 is 1.22 bits per heavy atom. The lowest BCUT2D eigenvalue weighted by Crippen LogP contribution is -2.28. The average molecular weight is 253 g/mol. The monoisotopic (exact) mass is 253 g/mol. The summed E-state index contributed by atoms with van der Waals surface area (Å²) in [6, 6.07) is 9.53. The Morgan fingerprint density at radius 3 is 2.72 bits per heavy atom. The van der Waals surface area contributed by atoms with Gasteiger partial charge >= 0.3 is 5.97 Å². The van der Waals surface area contributed by atoms with Crippen molar-refractivity contribution in [3.8, 4) is 0 Å². The van der Waals surface area contributed by atoms with Crippen molar-refractivity contribution < 1.29 is 19.4 Å². The lowest BCUT2D eigenvalue weighted by molar-refractivity contribution is -0.143. The average Bonchev–Trinajstić information content (AvgIpc) is 2.41. The van der Waals surface area contributed by atoms with Gasteiger partial charge in [0.25, 0.3) is 0 Å². The van der Waals surface area contributed by atoms with Crippen molar-refractivity contribution in [1.82, 2.24) is 5.32 Å². The molecule has 1 aromatic carbocycles. The summed E-state index contributed by atoms with van der Waals surface area (Å²) in [5.74, 6) is -0.291. The molecule has 0 radical (unpaired) electrons. The molecule has 100 valence electrons. The fourth-order valence-corrected chi connectivity index (χ4v) is 1.29. The van der Waals surface area contributed by atoms with Gasteiger partial charge in [-0.05, 0) is 5.56 Å². The molecule has 0 aliphatic heterocycles. The van der Waals surface area contributed by atoms with E-state index in [1.54, 1.807) is 0 Å². The molecule has 0 heterocycles. The van der Waals surface area contributed by atoms with Crippen molar-refractivity contribution in [1.29, 1.82) is 0 Å². The molecule has 0 aromatic heterocycles. The zero-order chi connectivity index (χ0) is 13.1. The largest absolute Gasteiger partial charge is 0.460 e. The zero-order valence-corrected chi connectivity index (χ0v) is 10.3. The van der Waals surface area contributed by atoms with E-state index in [9.17, 15) is 4.79 Å². The minimum atomic E-state index is -0.291. The third-order valence-electron chi connectivity index (χ3n) is 2.17. The van der Waals surface area contributed by atoms with Gasteiger partial charge < -0.3 is 19.9 Å². The first-order valence-electron chi connectivity index (χ1n) is 5.92. The first kappa shape index (κ1) is 14.6. The molecule has 0 bridgehead atoms. The zero-order valence-electron chi connectivity index (χ0n) is 10.3. The minimum absolute atomic E-state index is 0.0130.